The van der Waals surface area contributed by atoms with Crippen molar-refractivity contribution in [2.24, 2.45) is 5.92 Å². The Kier molecular flexibility index (Phi) is 12.2. The monoisotopic (exact) mass is 341 g/mol. The summed E-state index contributed by atoms with van der Waals surface area (Å²) in [5.41, 5.74) is 1.33. The predicted molar refractivity (Wildman–Crippen MR) is 94.4 cm³/mol. The molecule has 0 saturated heterocycles. The lowest BCUT2D eigenvalue weighted by atomic mass is 10.0. The molecule has 0 radical (unpaired) electrons. The summed E-state index contributed by atoms with van der Waals surface area (Å²) in [5.74, 6) is 0.624. The second-order valence-electron chi connectivity index (χ2n) is 4.87. The van der Waals surface area contributed by atoms with Gasteiger partial charge < -0.3 is 5.32 Å². The first kappa shape index (κ1) is 21.5. The molecule has 0 aromatic heterocycles. The van der Waals surface area contributed by atoms with Crippen molar-refractivity contribution in [3.63, 3.8) is 0 Å². The van der Waals surface area contributed by atoms with Crippen LogP contribution in [0.2, 0.25) is 0 Å². The quantitative estimate of drug-likeness (QED) is 0.504. The normalized spacial score (nSPS) is 10.7. The van der Waals surface area contributed by atoms with E-state index in [9.17, 15) is 8.42 Å². The van der Waals surface area contributed by atoms with Gasteiger partial charge in [0, 0.05) is 6.54 Å². The summed E-state index contributed by atoms with van der Waals surface area (Å²) in [7, 11) is -4.17. The third-order valence-electron chi connectivity index (χ3n) is 2.87. The van der Waals surface area contributed by atoms with Gasteiger partial charge in [0.1, 0.15) is 0 Å². The Bertz CT molecular complexity index is 519. The van der Waals surface area contributed by atoms with Gasteiger partial charge >= 0.3 is 10.4 Å². The SMILES string of the molecule is C=CCC(CC=C)CNCc1ccccc1.CCOS(=O)(=O)O. The van der Waals surface area contributed by atoms with E-state index in [1.807, 2.05) is 18.2 Å². The number of hydrogen-bond acceptors (Lipinski definition) is 4. The van der Waals surface area contributed by atoms with Crippen LogP contribution in [0, 0.1) is 5.92 Å². The first-order chi connectivity index (χ1) is 10.9. The Hall–Kier alpha value is -1.47. The van der Waals surface area contributed by atoms with Crippen molar-refractivity contribution in [3.05, 3.63) is 61.2 Å². The van der Waals surface area contributed by atoms with Crippen molar-refractivity contribution >= 4 is 10.4 Å². The molecule has 0 aliphatic carbocycles. The van der Waals surface area contributed by atoms with E-state index < -0.39 is 10.4 Å². The summed E-state index contributed by atoms with van der Waals surface area (Å²) in [4.78, 5) is 0. The first-order valence-corrected chi connectivity index (χ1v) is 8.87. The van der Waals surface area contributed by atoms with Crippen LogP contribution >= 0.6 is 0 Å². The minimum absolute atomic E-state index is 0.0289. The van der Waals surface area contributed by atoms with Gasteiger partial charge in [0.05, 0.1) is 6.61 Å². The van der Waals surface area contributed by atoms with E-state index in [0.717, 1.165) is 25.9 Å². The summed E-state index contributed by atoms with van der Waals surface area (Å²) in [6, 6.07) is 10.5. The number of rotatable bonds is 10. The maximum absolute atomic E-state index is 9.56. The number of benzene rings is 1. The molecule has 0 aliphatic heterocycles. The van der Waals surface area contributed by atoms with E-state index in [1.54, 1.807) is 0 Å². The van der Waals surface area contributed by atoms with Gasteiger partial charge in [-0.2, -0.15) is 8.42 Å². The van der Waals surface area contributed by atoms with Crippen LogP contribution in [0.25, 0.3) is 0 Å². The molecular formula is C17H27NO4S. The summed E-state index contributed by atoms with van der Waals surface area (Å²) < 4.78 is 30.7. The number of nitrogens with one attached hydrogen (secondary N) is 1. The van der Waals surface area contributed by atoms with E-state index in [2.05, 4.69) is 46.9 Å². The average Bonchev–Trinajstić information content (AvgIpc) is 2.48. The Labute approximate surface area is 140 Å². The molecule has 0 bridgehead atoms. The van der Waals surface area contributed by atoms with Gasteiger partial charge in [-0.25, -0.2) is 4.18 Å². The zero-order chi connectivity index (χ0) is 17.6. The fourth-order valence-electron chi connectivity index (χ4n) is 1.90. The molecule has 0 unspecified atom stereocenters. The lowest BCUT2D eigenvalue weighted by Gasteiger charge is -2.13. The van der Waals surface area contributed by atoms with Gasteiger partial charge in [-0.05, 0) is 37.8 Å². The Morgan fingerprint density at radius 2 is 1.78 bits per heavy atom. The van der Waals surface area contributed by atoms with Crippen molar-refractivity contribution in [3.8, 4) is 0 Å². The van der Waals surface area contributed by atoms with Crippen LogP contribution in [0.3, 0.4) is 0 Å². The molecule has 6 heteroatoms. The van der Waals surface area contributed by atoms with Gasteiger partial charge in [-0.1, -0.05) is 42.5 Å². The molecule has 0 fully saturated rings. The van der Waals surface area contributed by atoms with Gasteiger partial charge in [0.25, 0.3) is 0 Å². The second kappa shape index (κ2) is 13.0. The zero-order valence-corrected chi connectivity index (χ0v) is 14.5. The van der Waals surface area contributed by atoms with E-state index in [4.69, 9.17) is 4.55 Å². The molecule has 1 aromatic rings. The van der Waals surface area contributed by atoms with Crippen LogP contribution in [0.15, 0.2) is 55.6 Å². The lowest BCUT2D eigenvalue weighted by Crippen LogP contribution is -2.21. The highest BCUT2D eigenvalue weighted by molar-refractivity contribution is 7.80. The highest BCUT2D eigenvalue weighted by Crippen LogP contribution is 2.08. The third-order valence-corrected chi connectivity index (χ3v) is 3.41. The largest absolute Gasteiger partial charge is 0.397 e. The molecular weight excluding hydrogens is 314 g/mol. The molecule has 2 N–H and O–H groups in total. The average molecular weight is 341 g/mol. The van der Waals surface area contributed by atoms with E-state index in [0.29, 0.717) is 5.92 Å². The van der Waals surface area contributed by atoms with Crippen molar-refractivity contribution in [1.82, 2.24) is 5.32 Å². The van der Waals surface area contributed by atoms with E-state index in [1.165, 1.54) is 12.5 Å². The van der Waals surface area contributed by atoms with Gasteiger partial charge in [-0.15, -0.1) is 13.2 Å². The van der Waals surface area contributed by atoms with Crippen molar-refractivity contribution in [1.29, 1.82) is 0 Å². The molecule has 0 aliphatic rings. The molecule has 0 amide bonds. The fourth-order valence-corrected chi connectivity index (χ4v) is 2.20. The van der Waals surface area contributed by atoms with Crippen LogP contribution in [0.1, 0.15) is 25.3 Å². The molecule has 0 atom stereocenters. The van der Waals surface area contributed by atoms with E-state index >= 15 is 0 Å². The molecule has 1 aromatic carbocycles. The molecule has 0 saturated carbocycles. The van der Waals surface area contributed by atoms with Crippen LogP contribution in [0.5, 0.6) is 0 Å². The molecule has 0 spiro atoms. The summed E-state index contributed by atoms with van der Waals surface area (Å²) in [6.45, 7) is 11.0. The Morgan fingerprint density at radius 3 is 2.17 bits per heavy atom. The van der Waals surface area contributed by atoms with Gasteiger partial charge in [0.15, 0.2) is 0 Å². The zero-order valence-electron chi connectivity index (χ0n) is 13.6. The lowest BCUT2D eigenvalue weighted by molar-refractivity contribution is 0.283. The van der Waals surface area contributed by atoms with Crippen LogP contribution < -0.4 is 5.32 Å². The summed E-state index contributed by atoms with van der Waals surface area (Å²) in [5, 5.41) is 3.48. The smallest absolute Gasteiger partial charge is 0.312 e. The Balaban J connectivity index is 0.000000585. The van der Waals surface area contributed by atoms with E-state index in [-0.39, 0.29) is 6.61 Å². The predicted octanol–water partition coefficient (Wildman–Crippen LogP) is 3.37. The highest BCUT2D eigenvalue weighted by Gasteiger charge is 2.03. The van der Waals surface area contributed by atoms with Gasteiger partial charge in [-0.3, -0.25) is 4.55 Å². The fraction of sp³-hybridized carbons (Fsp3) is 0.412. The standard InChI is InChI=1S/C15H21N.C2H6O4S/c1-3-8-14(9-4-2)12-16-13-15-10-6-5-7-11-15;1-2-6-7(3,4)5/h3-7,10-11,14,16H,1-2,8-9,12-13H2;2H2,1H3,(H,3,4,5). The third kappa shape index (κ3) is 13.9. The molecule has 5 nitrogen and oxygen atoms in total. The molecule has 1 rings (SSSR count). The highest BCUT2D eigenvalue weighted by atomic mass is 32.3. The summed E-state index contributed by atoms with van der Waals surface area (Å²) in [6.07, 6.45) is 6.07. The molecule has 23 heavy (non-hydrogen) atoms. The van der Waals surface area contributed by atoms with Crippen LogP contribution in [0.4, 0.5) is 0 Å². The number of hydrogen-bond donors (Lipinski definition) is 2. The number of allylic oxidation sites excluding steroid dienone is 2. The first-order valence-electron chi connectivity index (χ1n) is 7.51. The molecule has 0 heterocycles. The van der Waals surface area contributed by atoms with Gasteiger partial charge in [0.2, 0.25) is 0 Å². The Morgan fingerprint density at radius 1 is 1.22 bits per heavy atom. The molecule has 130 valence electrons. The van der Waals surface area contributed by atoms with Crippen LogP contribution in [-0.4, -0.2) is 26.1 Å². The summed E-state index contributed by atoms with van der Waals surface area (Å²) >= 11 is 0. The second-order valence-corrected chi connectivity index (χ2v) is 5.96. The van der Waals surface area contributed by atoms with Crippen molar-refractivity contribution < 1.29 is 17.2 Å². The van der Waals surface area contributed by atoms with Crippen molar-refractivity contribution in [2.45, 2.75) is 26.3 Å². The van der Waals surface area contributed by atoms with Crippen LogP contribution in [-0.2, 0) is 21.1 Å². The maximum Gasteiger partial charge on any atom is 0.397 e. The minimum atomic E-state index is -4.17. The maximum atomic E-state index is 9.56. The minimum Gasteiger partial charge on any atom is -0.312 e. The topological polar surface area (TPSA) is 75.6 Å². The van der Waals surface area contributed by atoms with Crippen molar-refractivity contribution in [2.75, 3.05) is 13.2 Å².